The lowest BCUT2D eigenvalue weighted by Gasteiger charge is -2.24. The van der Waals surface area contributed by atoms with Crippen molar-refractivity contribution in [3.05, 3.63) is 104 Å². The lowest BCUT2D eigenvalue weighted by molar-refractivity contribution is -0.384. The number of hydrogen-bond acceptors (Lipinski definition) is 9. The van der Waals surface area contributed by atoms with Crippen LogP contribution >= 0.6 is 34.8 Å². The fourth-order valence-electron chi connectivity index (χ4n) is 5.38. The summed E-state index contributed by atoms with van der Waals surface area (Å²) in [6.07, 6.45) is -2.62. The number of fused-ring (bicyclic) bond motifs is 1. The quantitative estimate of drug-likeness (QED) is 0.0724. The van der Waals surface area contributed by atoms with Crippen LogP contribution in [0.25, 0.3) is 10.9 Å². The molecule has 0 spiro atoms. The van der Waals surface area contributed by atoms with Gasteiger partial charge in [-0.15, -0.1) is 0 Å². The minimum Gasteiger partial charge on any atom is -0.497 e. The van der Waals surface area contributed by atoms with E-state index in [0.29, 0.717) is 38.5 Å². The van der Waals surface area contributed by atoms with E-state index >= 15 is 0 Å². The molecule has 14 nitrogen and oxygen atoms in total. The molecular weight excluding hydrogens is 719 g/mol. The fourth-order valence-corrected chi connectivity index (χ4v) is 5.63. The zero-order chi connectivity index (χ0) is 36.7. The first-order chi connectivity index (χ1) is 23.7. The molecule has 50 heavy (non-hydrogen) atoms. The average molecular weight is 750 g/mol. The number of nitrogens with zero attached hydrogens (tertiary/aromatic N) is 2. The number of rotatable bonds is 14. The highest BCUT2D eigenvalue weighted by Crippen LogP contribution is 2.36. The van der Waals surface area contributed by atoms with E-state index in [2.05, 4.69) is 10.6 Å². The van der Waals surface area contributed by atoms with Crippen LogP contribution in [0.15, 0.2) is 66.7 Å². The number of methoxy groups -OCH3 is 1. The normalized spacial score (nSPS) is 12.9. The molecule has 0 radical (unpaired) electrons. The molecule has 0 aliphatic heterocycles. The number of ether oxygens (including phenoxy) is 2. The number of aliphatic carboxylic acids is 1. The Labute approximate surface area is 300 Å². The number of aromatic nitrogens is 1. The number of carbonyl (C=O) groups excluding carboxylic acids is 3. The number of halogens is 3. The minimum absolute atomic E-state index is 0.123. The number of alkyl carbamates (subject to hydrolysis) is 1. The topological polar surface area (TPSA) is 199 Å². The number of nitro groups is 1. The van der Waals surface area contributed by atoms with Crippen molar-refractivity contribution in [2.45, 2.75) is 36.2 Å². The van der Waals surface area contributed by atoms with E-state index in [1.165, 1.54) is 23.8 Å². The van der Waals surface area contributed by atoms with Crippen LogP contribution in [-0.2, 0) is 14.3 Å². The Hall–Kier alpha value is -4.89. The Morgan fingerprint density at radius 2 is 1.68 bits per heavy atom. The molecule has 0 saturated carbocycles. The van der Waals surface area contributed by atoms with Gasteiger partial charge in [0.05, 0.1) is 29.5 Å². The summed E-state index contributed by atoms with van der Waals surface area (Å²) in [5.74, 6) is -3.26. The van der Waals surface area contributed by atoms with Gasteiger partial charge in [0.15, 0.2) is 4.84 Å². The number of carboxylic acid groups (broad SMARTS) is 1. The number of nitrogens with one attached hydrogen (secondary N) is 2. The van der Waals surface area contributed by atoms with Crippen LogP contribution in [0, 0.1) is 17.0 Å². The molecule has 3 atom stereocenters. The van der Waals surface area contributed by atoms with Crippen LogP contribution in [0.4, 0.5) is 10.5 Å². The number of carboxylic acids is 1. The number of aliphatic hydroxyl groups is 1. The molecule has 3 aromatic carbocycles. The van der Waals surface area contributed by atoms with E-state index in [9.17, 15) is 39.5 Å². The maximum atomic E-state index is 13.6. The highest BCUT2D eigenvalue weighted by atomic mass is 35.5. The van der Waals surface area contributed by atoms with Gasteiger partial charge in [0, 0.05) is 40.3 Å². The van der Waals surface area contributed by atoms with Crippen LogP contribution in [0.1, 0.15) is 45.6 Å². The molecule has 0 saturated heterocycles. The third kappa shape index (κ3) is 8.82. The van der Waals surface area contributed by atoms with E-state index in [0.717, 1.165) is 12.1 Å². The summed E-state index contributed by atoms with van der Waals surface area (Å²) in [4.78, 5) is 60.0. The number of hydrogen-bond donors (Lipinski definition) is 4. The van der Waals surface area contributed by atoms with Gasteiger partial charge in [0.2, 0.25) is 0 Å². The highest BCUT2D eigenvalue weighted by molar-refractivity contribution is 6.53. The number of nitro benzene ring substituents is 1. The van der Waals surface area contributed by atoms with Gasteiger partial charge in [-0.1, -0.05) is 34.8 Å². The molecule has 4 N–H and O–H groups in total. The van der Waals surface area contributed by atoms with Crippen molar-refractivity contribution in [3.8, 4) is 5.75 Å². The van der Waals surface area contributed by atoms with Crippen LogP contribution < -0.4 is 15.4 Å². The lowest BCUT2D eigenvalue weighted by atomic mass is 9.93. The number of aliphatic hydroxyl groups excluding tert-OH is 1. The molecule has 0 bridgehead atoms. The smallest absolute Gasteiger partial charge is 0.407 e. The monoisotopic (exact) mass is 748 g/mol. The number of amides is 2. The second-order valence-corrected chi connectivity index (χ2v) is 12.5. The molecule has 0 aliphatic rings. The van der Waals surface area contributed by atoms with E-state index in [1.807, 2.05) is 0 Å². The zero-order valence-electron chi connectivity index (χ0n) is 26.5. The van der Waals surface area contributed by atoms with Gasteiger partial charge in [0.25, 0.3) is 17.5 Å². The molecule has 4 rings (SSSR count). The van der Waals surface area contributed by atoms with Crippen molar-refractivity contribution in [2.75, 3.05) is 20.3 Å². The number of benzene rings is 3. The Morgan fingerprint density at radius 1 is 1.02 bits per heavy atom. The predicted molar refractivity (Wildman–Crippen MR) is 184 cm³/mol. The summed E-state index contributed by atoms with van der Waals surface area (Å²) in [5, 5.41) is 37.9. The summed E-state index contributed by atoms with van der Waals surface area (Å²) in [6.45, 7) is 0.854. The van der Waals surface area contributed by atoms with Gasteiger partial charge in [-0.25, -0.2) is 4.79 Å². The summed E-state index contributed by atoms with van der Waals surface area (Å²) in [5.41, 5.74) is 1.43. The van der Waals surface area contributed by atoms with Crippen LogP contribution in [0.2, 0.25) is 5.02 Å². The first-order valence-electron chi connectivity index (χ1n) is 14.9. The van der Waals surface area contributed by atoms with Gasteiger partial charge in [0.1, 0.15) is 18.5 Å². The molecular formula is C33H31Cl3N4O10. The second-order valence-electron chi connectivity index (χ2n) is 10.9. The number of alkyl halides is 2. The van der Waals surface area contributed by atoms with E-state index in [4.69, 9.17) is 44.3 Å². The van der Waals surface area contributed by atoms with Gasteiger partial charge < -0.3 is 30.3 Å². The molecule has 1 aromatic heterocycles. The SMILES string of the molecule is COc1ccc2c(c1)c(C(CCNC(=O)OCC(NC(=O)C(Cl)Cl)C(O)c1ccc([N+](=O)[O-])cc1)C(=O)O)c(C)n2C(=O)c1ccc(Cl)cc1. The molecule has 0 fully saturated rings. The van der Waals surface area contributed by atoms with Crippen molar-refractivity contribution >= 4 is 75.3 Å². The maximum absolute atomic E-state index is 13.6. The third-order valence-corrected chi connectivity index (χ3v) is 8.50. The fraction of sp³-hybridized carbons (Fsp3) is 0.273. The zero-order valence-corrected chi connectivity index (χ0v) is 28.7. The minimum atomic E-state index is -1.51. The third-order valence-electron chi connectivity index (χ3n) is 7.85. The number of non-ortho nitro benzene ring substituents is 1. The van der Waals surface area contributed by atoms with Gasteiger partial charge in [-0.2, -0.15) is 0 Å². The number of carbonyl (C=O) groups is 4. The molecule has 0 aliphatic carbocycles. The predicted octanol–water partition coefficient (Wildman–Crippen LogP) is 5.52. The molecule has 1 heterocycles. The largest absolute Gasteiger partial charge is 0.497 e. The Balaban J connectivity index is 1.51. The standard InChI is InChI=1S/C33H31Cl3N4O10/c1-17-27(24-15-22(49-2)11-12-26(24)39(17)31(43)19-3-7-20(34)8-4-19)23(32(44)45)13-14-37-33(46)50-16-25(38-30(42)29(35)36)28(41)18-5-9-21(10-6-18)40(47)48/h3-12,15,23,25,28-29,41H,13-14,16H2,1-2H3,(H,37,46)(H,38,42)(H,44,45). The van der Waals surface area contributed by atoms with Gasteiger partial charge in [-0.3, -0.25) is 29.1 Å². The molecule has 4 aromatic rings. The van der Waals surface area contributed by atoms with Crippen LogP contribution in [0.5, 0.6) is 5.75 Å². The Kier molecular flexibility index (Phi) is 12.6. The van der Waals surface area contributed by atoms with Crippen LogP contribution in [0.3, 0.4) is 0 Å². The second kappa shape index (κ2) is 16.7. The van der Waals surface area contributed by atoms with Crippen molar-refractivity contribution in [3.63, 3.8) is 0 Å². The van der Waals surface area contributed by atoms with E-state index in [1.54, 1.807) is 49.4 Å². The summed E-state index contributed by atoms with van der Waals surface area (Å²) >= 11 is 17.3. The summed E-state index contributed by atoms with van der Waals surface area (Å²) in [6, 6.07) is 14.8. The summed E-state index contributed by atoms with van der Waals surface area (Å²) in [7, 11) is 1.46. The molecule has 17 heteroatoms. The van der Waals surface area contributed by atoms with Gasteiger partial charge in [-0.05, 0) is 79.1 Å². The van der Waals surface area contributed by atoms with E-state index in [-0.39, 0.29) is 24.2 Å². The maximum Gasteiger partial charge on any atom is 0.407 e. The Bertz CT molecular complexity index is 1900. The molecule has 264 valence electrons. The van der Waals surface area contributed by atoms with Crippen molar-refractivity contribution < 1.29 is 43.8 Å². The van der Waals surface area contributed by atoms with E-state index < -0.39 is 58.3 Å². The Morgan fingerprint density at radius 3 is 2.26 bits per heavy atom. The highest BCUT2D eigenvalue weighted by Gasteiger charge is 2.31. The average Bonchev–Trinajstić information content (AvgIpc) is 3.38. The van der Waals surface area contributed by atoms with Crippen molar-refractivity contribution in [1.29, 1.82) is 0 Å². The van der Waals surface area contributed by atoms with Gasteiger partial charge >= 0.3 is 12.1 Å². The molecule has 3 unspecified atom stereocenters. The van der Waals surface area contributed by atoms with Crippen molar-refractivity contribution in [2.24, 2.45) is 0 Å². The van der Waals surface area contributed by atoms with Crippen molar-refractivity contribution in [1.82, 2.24) is 15.2 Å². The lowest BCUT2D eigenvalue weighted by Crippen LogP contribution is -2.45. The first kappa shape index (κ1) is 37.9. The molecule has 2 amide bonds. The van der Waals surface area contributed by atoms with Crippen LogP contribution in [-0.4, -0.2) is 74.7 Å². The first-order valence-corrected chi connectivity index (χ1v) is 16.1. The summed E-state index contributed by atoms with van der Waals surface area (Å²) < 4.78 is 12.0.